The van der Waals surface area contributed by atoms with E-state index in [1.807, 2.05) is 25.1 Å². The number of nitrogens with two attached hydrogens (primary N) is 1. The number of hydrogen-bond acceptors (Lipinski definition) is 3. The highest BCUT2D eigenvalue weighted by molar-refractivity contribution is 5.38. The zero-order valence-electron chi connectivity index (χ0n) is 13.0. The second kappa shape index (κ2) is 7.25. The number of para-hydroxylation sites is 1. The molecule has 0 aliphatic carbocycles. The molecule has 3 nitrogen and oxygen atoms in total. The van der Waals surface area contributed by atoms with E-state index in [1.54, 1.807) is 0 Å². The lowest BCUT2D eigenvalue weighted by Gasteiger charge is -2.21. The first-order valence-electron chi connectivity index (χ1n) is 7.39. The minimum Gasteiger partial charge on any atom is -0.494 e. The molecule has 0 radical (unpaired) electrons. The highest BCUT2D eigenvalue weighted by Crippen LogP contribution is 2.28. The van der Waals surface area contributed by atoms with Crippen molar-refractivity contribution in [1.82, 2.24) is 5.43 Å². The maximum Gasteiger partial charge on any atom is 0.124 e. The summed E-state index contributed by atoms with van der Waals surface area (Å²) in [4.78, 5) is 0. The third-order valence-electron chi connectivity index (χ3n) is 3.72. The van der Waals surface area contributed by atoms with Crippen molar-refractivity contribution in [2.24, 2.45) is 5.84 Å². The largest absolute Gasteiger partial charge is 0.494 e. The number of nitrogens with one attached hydrogen (secondary N) is 1. The van der Waals surface area contributed by atoms with Crippen LogP contribution in [-0.2, 0) is 6.42 Å². The average Bonchev–Trinajstić information content (AvgIpc) is 2.49. The molecule has 0 saturated heterocycles. The molecule has 0 bridgehead atoms. The monoisotopic (exact) mass is 284 g/mol. The normalized spacial score (nSPS) is 12.2. The lowest BCUT2D eigenvalue weighted by molar-refractivity contribution is 0.331. The van der Waals surface area contributed by atoms with Crippen LogP contribution >= 0.6 is 0 Å². The molecule has 1 atom stereocenters. The second-order valence-corrected chi connectivity index (χ2v) is 5.32. The van der Waals surface area contributed by atoms with Crippen molar-refractivity contribution < 1.29 is 4.74 Å². The molecule has 2 aromatic carbocycles. The molecule has 0 aromatic heterocycles. The van der Waals surface area contributed by atoms with E-state index in [0.717, 1.165) is 17.7 Å². The third-order valence-corrected chi connectivity index (χ3v) is 3.72. The van der Waals surface area contributed by atoms with Gasteiger partial charge in [0.25, 0.3) is 0 Å². The maximum absolute atomic E-state index is 5.80. The lowest BCUT2D eigenvalue weighted by Crippen LogP contribution is -2.30. The summed E-state index contributed by atoms with van der Waals surface area (Å²) in [5.74, 6) is 6.70. The van der Waals surface area contributed by atoms with Gasteiger partial charge < -0.3 is 4.74 Å². The van der Waals surface area contributed by atoms with Crippen LogP contribution in [0.4, 0.5) is 0 Å². The van der Waals surface area contributed by atoms with Gasteiger partial charge in [-0.25, -0.2) is 0 Å². The van der Waals surface area contributed by atoms with Gasteiger partial charge in [0.15, 0.2) is 0 Å². The topological polar surface area (TPSA) is 47.3 Å². The van der Waals surface area contributed by atoms with Gasteiger partial charge in [0.2, 0.25) is 0 Å². The Balaban J connectivity index is 2.30. The number of aryl methyl sites for hydroxylation is 2. The lowest BCUT2D eigenvalue weighted by atomic mass is 9.95. The van der Waals surface area contributed by atoms with E-state index in [0.29, 0.717) is 6.61 Å². The fraction of sp³-hybridized carbons (Fsp3) is 0.333. The first-order chi connectivity index (χ1) is 10.2. The molecule has 21 heavy (non-hydrogen) atoms. The van der Waals surface area contributed by atoms with Gasteiger partial charge in [0.1, 0.15) is 5.75 Å². The molecule has 0 aliphatic heterocycles. The van der Waals surface area contributed by atoms with Crippen molar-refractivity contribution >= 4 is 0 Å². The summed E-state index contributed by atoms with van der Waals surface area (Å²) in [6, 6.07) is 14.6. The SMILES string of the molecule is CCOc1ccccc1C(Cc1cc(C)ccc1C)NN. The van der Waals surface area contributed by atoms with Crippen LogP contribution in [0.25, 0.3) is 0 Å². The van der Waals surface area contributed by atoms with E-state index < -0.39 is 0 Å². The minimum atomic E-state index is 0.0354. The fourth-order valence-electron chi connectivity index (χ4n) is 2.55. The summed E-state index contributed by atoms with van der Waals surface area (Å²) >= 11 is 0. The zero-order chi connectivity index (χ0) is 15.2. The van der Waals surface area contributed by atoms with E-state index >= 15 is 0 Å². The van der Waals surface area contributed by atoms with Gasteiger partial charge in [-0.1, -0.05) is 42.0 Å². The molecule has 112 valence electrons. The maximum atomic E-state index is 5.80. The minimum absolute atomic E-state index is 0.0354. The van der Waals surface area contributed by atoms with Crippen LogP contribution in [0.1, 0.15) is 35.2 Å². The van der Waals surface area contributed by atoms with Gasteiger partial charge in [-0.05, 0) is 44.4 Å². The molecule has 0 spiro atoms. The summed E-state index contributed by atoms with van der Waals surface area (Å²) in [6.45, 7) is 6.89. The number of benzene rings is 2. The van der Waals surface area contributed by atoms with Crippen LogP contribution in [0.15, 0.2) is 42.5 Å². The molecule has 2 aromatic rings. The summed E-state index contributed by atoms with van der Waals surface area (Å²) in [7, 11) is 0. The van der Waals surface area contributed by atoms with Crippen molar-refractivity contribution in [3.8, 4) is 5.75 Å². The van der Waals surface area contributed by atoms with Crippen LogP contribution in [0.3, 0.4) is 0 Å². The summed E-state index contributed by atoms with van der Waals surface area (Å²) in [6.07, 6.45) is 0.841. The molecule has 0 fully saturated rings. The van der Waals surface area contributed by atoms with Gasteiger partial charge in [0.05, 0.1) is 12.6 Å². The van der Waals surface area contributed by atoms with E-state index in [2.05, 4.69) is 43.5 Å². The molecule has 0 aliphatic rings. The highest BCUT2D eigenvalue weighted by Gasteiger charge is 2.16. The Hall–Kier alpha value is -1.84. The Morgan fingerprint density at radius 3 is 2.62 bits per heavy atom. The van der Waals surface area contributed by atoms with Crippen LogP contribution in [-0.4, -0.2) is 6.61 Å². The highest BCUT2D eigenvalue weighted by atomic mass is 16.5. The molecule has 0 amide bonds. The van der Waals surface area contributed by atoms with Crippen LogP contribution in [0, 0.1) is 13.8 Å². The molecule has 2 rings (SSSR count). The first kappa shape index (κ1) is 15.5. The average molecular weight is 284 g/mol. The van der Waals surface area contributed by atoms with Crippen molar-refractivity contribution in [3.63, 3.8) is 0 Å². The second-order valence-electron chi connectivity index (χ2n) is 5.32. The van der Waals surface area contributed by atoms with Crippen LogP contribution in [0.5, 0.6) is 5.75 Å². The Bertz CT molecular complexity index is 596. The fourth-order valence-corrected chi connectivity index (χ4v) is 2.55. The quantitative estimate of drug-likeness (QED) is 0.631. The van der Waals surface area contributed by atoms with Crippen LogP contribution in [0.2, 0.25) is 0 Å². The van der Waals surface area contributed by atoms with Gasteiger partial charge in [-0.15, -0.1) is 0 Å². The van der Waals surface area contributed by atoms with Crippen molar-refractivity contribution in [3.05, 3.63) is 64.7 Å². The Kier molecular flexibility index (Phi) is 5.37. The zero-order valence-corrected chi connectivity index (χ0v) is 13.0. The Morgan fingerprint density at radius 2 is 1.90 bits per heavy atom. The Labute approximate surface area is 127 Å². The predicted octanol–water partition coefficient (Wildman–Crippen LogP) is 3.45. The van der Waals surface area contributed by atoms with E-state index in [1.165, 1.54) is 16.7 Å². The smallest absolute Gasteiger partial charge is 0.124 e. The van der Waals surface area contributed by atoms with E-state index in [9.17, 15) is 0 Å². The molecule has 1 unspecified atom stereocenters. The molecule has 0 saturated carbocycles. The van der Waals surface area contributed by atoms with Crippen LogP contribution < -0.4 is 16.0 Å². The van der Waals surface area contributed by atoms with Gasteiger partial charge in [-0.2, -0.15) is 0 Å². The third kappa shape index (κ3) is 3.84. The number of hydrazine groups is 1. The first-order valence-corrected chi connectivity index (χ1v) is 7.39. The van der Waals surface area contributed by atoms with Crippen molar-refractivity contribution in [2.45, 2.75) is 33.2 Å². The number of ether oxygens (including phenoxy) is 1. The molecule has 3 heteroatoms. The molecular formula is C18H24N2O. The summed E-state index contributed by atoms with van der Waals surface area (Å²) < 4.78 is 5.72. The van der Waals surface area contributed by atoms with Crippen molar-refractivity contribution in [1.29, 1.82) is 0 Å². The number of rotatable bonds is 6. The van der Waals surface area contributed by atoms with E-state index in [4.69, 9.17) is 10.6 Å². The van der Waals surface area contributed by atoms with Gasteiger partial charge in [-0.3, -0.25) is 11.3 Å². The predicted molar refractivity (Wildman–Crippen MR) is 87.3 cm³/mol. The van der Waals surface area contributed by atoms with Gasteiger partial charge >= 0.3 is 0 Å². The summed E-state index contributed by atoms with van der Waals surface area (Å²) in [5.41, 5.74) is 7.90. The molecule has 0 heterocycles. The Morgan fingerprint density at radius 1 is 1.14 bits per heavy atom. The van der Waals surface area contributed by atoms with E-state index in [-0.39, 0.29) is 6.04 Å². The summed E-state index contributed by atoms with van der Waals surface area (Å²) in [5, 5.41) is 0. The van der Waals surface area contributed by atoms with Crippen molar-refractivity contribution in [2.75, 3.05) is 6.61 Å². The van der Waals surface area contributed by atoms with Gasteiger partial charge in [0, 0.05) is 5.56 Å². The molecule has 3 N–H and O–H groups in total. The standard InChI is InChI=1S/C18H24N2O/c1-4-21-18-8-6-5-7-16(18)17(20-19)12-15-11-13(2)9-10-14(15)3/h5-11,17,20H,4,12,19H2,1-3H3. The molecular weight excluding hydrogens is 260 g/mol. The number of hydrogen-bond donors (Lipinski definition) is 2.